The number of hydrogen-bond acceptors (Lipinski definition) is 1. The third kappa shape index (κ3) is 1.20. The van der Waals surface area contributed by atoms with E-state index in [0.29, 0.717) is 5.41 Å². The Morgan fingerprint density at radius 3 is 1.80 bits per heavy atom. The highest BCUT2D eigenvalue weighted by molar-refractivity contribution is 6.64. The van der Waals surface area contributed by atoms with Gasteiger partial charge >= 0.3 is 0 Å². The zero-order valence-corrected chi connectivity index (χ0v) is 7.46. The summed E-state index contributed by atoms with van der Waals surface area (Å²) in [7, 11) is 0. The SMILES string of the molecule is CC1(C)CC(C)(C(=O)Cl)C1. The van der Waals surface area contributed by atoms with Crippen LogP contribution in [0.2, 0.25) is 0 Å². The van der Waals surface area contributed by atoms with Crippen molar-refractivity contribution in [3.8, 4) is 0 Å². The van der Waals surface area contributed by atoms with E-state index in [0.717, 1.165) is 12.8 Å². The maximum Gasteiger partial charge on any atom is 0.227 e. The number of hydrogen-bond donors (Lipinski definition) is 0. The summed E-state index contributed by atoms with van der Waals surface area (Å²) in [4.78, 5) is 10.8. The van der Waals surface area contributed by atoms with Crippen molar-refractivity contribution < 1.29 is 4.79 Å². The van der Waals surface area contributed by atoms with Crippen LogP contribution in [0.3, 0.4) is 0 Å². The first-order valence-electron chi connectivity index (χ1n) is 3.56. The van der Waals surface area contributed by atoms with E-state index in [1.54, 1.807) is 0 Å². The first-order chi connectivity index (χ1) is 4.36. The normalized spacial score (nSPS) is 27.2. The summed E-state index contributed by atoms with van der Waals surface area (Å²) in [6.45, 7) is 6.26. The molecule has 10 heavy (non-hydrogen) atoms. The van der Waals surface area contributed by atoms with Crippen LogP contribution in [0.1, 0.15) is 33.6 Å². The minimum atomic E-state index is -0.217. The Kier molecular flexibility index (Phi) is 1.59. The van der Waals surface area contributed by atoms with Gasteiger partial charge in [-0.15, -0.1) is 0 Å². The molecule has 0 atom stereocenters. The van der Waals surface area contributed by atoms with Gasteiger partial charge in [-0.05, 0) is 29.9 Å². The minimum absolute atomic E-state index is 0.174. The van der Waals surface area contributed by atoms with Crippen LogP contribution in [0, 0.1) is 10.8 Å². The predicted octanol–water partition coefficient (Wildman–Crippen LogP) is 2.58. The molecule has 0 spiro atoms. The standard InChI is InChI=1S/C8H13ClO/c1-7(2)4-8(3,5-7)6(9)10/h4-5H2,1-3H3. The monoisotopic (exact) mass is 160 g/mol. The van der Waals surface area contributed by atoms with Gasteiger partial charge in [-0.3, -0.25) is 4.79 Å². The van der Waals surface area contributed by atoms with Crippen LogP contribution in [-0.4, -0.2) is 5.24 Å². The summed E-state index contributed by atoms with van der Waals surface area (Å²) in [5.74, 6) is 0. The Hall–Kier alpha value is -0.0400. The van der Waals surface area contributed by atoms with Gasteiger partial charge in [0.1, 0.15) is 0 Å². The molecule has 1 rings (SSSR count). The highest BCUT2D eigenvalue weighted by Crippen LogP contribution is 2.54. The molecule has 1 aliphatic carbocycles. The Labute approximate surface area is 66.8 Å². The summed E-state index contributed by atoms with van der Waals surface area (Å²) < 4.78 is 0. The van der Waals surface area contributed by atoms with Gasteiger partial charge in [0.05, 0.1) is 0 Å². The first-order valence-corrected chi connectivity index (χ1v) is 3.94. The van der Waals surface area contributed by atoms with Gasteiger partial charge < -0.3 is 0 Å². The van der Waals surface area contributed by atoms with Gasteiger partial charge in [-0.25, -0.2) is 0 Å². The van der Waals surface area contributed by atoms with Crippen molar-refractivity contribution in [1.29, 1.82) is 0 Å². The van der Waals surface area contributed by atoms with E-state index in [1.165, 1.54) is 0 Å². The van der Waals surface area contributed by atoms with E-state index in [-0.39, 0.29) is 10.7 Å². The molecule has 0 aromatic rings. The summed E-state index contributed by atoms with van der Waals surface area (Å²) in [6, 6.07) is 0. The fraction of sp³-hybridized carbons (Fsp3) is 0.875. The molecule has 58 valence electrons. The van der Waals surface area contributed by atoms with Crippen molar-refractivity contribution in [2.24, 2.45) is 10.8 Å². The molecule has 1 nitrogen and oxygen atoms in total. The van der Waals surface area contributed by atoms with E-state index < -0.39 is 0 Å². The van der Waals surface area contributed by atoms with Gasteiger partial charge in [-0.2, -0.15) is 0 Å². The van der Waals surface area contributed by atoms with Crippen molar-refractivity contribution in [1.82, 2.24) is 0 Å². The Morgan fingerprint density at radius 1 is 1.30 bits per heavy atom. The fourth-order valence-corrected chi connectivity index (χ4v) is 2.33. The molecule has 2 heteroatoms. The second kappa shape index (κ2) is 1.97. The van der Waals surface area contributed by atoms with E-state index in [1.807, 2.05) is 6.92 Å². The van der Waals surface area contributed by atoms with Crippen molar-refractivity contribution in [2.45, 2.75) is 33.6 Å². The van der Waals surface area contributed by atoms with E-state index in [2.05, 4.69) is 13.8 Å². The molecule has 0 unspecified atom stereocenters. The van der Waals surface area contributed by atoms with Crippen molar-refractivity contribution >= 4 is 16.8 Å². The molecule has 0 radical (unpaired) electrons. The highest BCUT2D eigenvalue weighted by atomic mass is 35.5. The highest BCUT2D eigenvalue weighted by Gasteiger charge is 2.49. The van der Waals surface area contributed by atoms with Crippen LogP contribution in [0.25, 0.3) is 0 Å². The van der Waals surface area contributed by atoms with Crippen LogP contribution < -0.4 is 0 Å². The van der Waals surface area contributed by atoms with Crippen molar-refractivity contribution in [3.63, 3.8) is 0 Å². The summed E-state index contributed by atoms with van der Waals surface area (Å²) >= 11 is 5.41. The molecular weight excluding hydrogens is 148 g/mol. The van der Waals surface area contributed by atoms with Gasteiger partial charge in [0, 0.05) is 5.41 Å². The molecule has 1 fully saturated rings. The predicted molar refractivity (Wildman–Crippen MR) is 42.0 cm³/mol. The Bertz CT molecular complexity index is 164. The van der Waals surface area contributed by atoms with Gasteiger partial charge in [0.25, 0.3) is 0 Å². The third-order valence-electron chi connectivity index (χ3n) is 2.21. The first kappa shape index (κ1) is 8.06. The number of carbonyl (C=O) groups is 1. The summed E-state index contributed by atoms with van der Waals surface area (Å²) in [5.41, 5.74) is 0.115. The van der Waals surface area contributed by atoms with Crippen LogP contribution in [0.15, 0.2) is 0 Å². The largest absolute Gasteiger partial charge is 0.281 e. The molecule has 0 aliphatic heterocycles. The zero-order chi connectivity index (χ0) is 7.99. The number of carbonyl (C=O) groups excluding carboxylic acids is 1. The molecule has 0 N–H and O–H groups in total. The minimum Gasteiger partial charge on any atom is -0.281 e. The van der Waals surface area contributed by atoms with E-state index >= 15 is 0 Å². The van der Waals surface area contributed by atoms with Gasteiger partial charge in [0.15, 0.2) is 0 Å². The van der Waals surface area contributed by atoms with Crippen molar-refractivity contribution in [2.75, 3.05) is 0 Å². The lowest BCUT2D eigenvalue weighted by Crippen LogP contribution is -2.44. The van der Waals surface area contributed by atoms with Crippen molar-refractivity contribution in [3.05, 3.63) is 0 Å². The van der Waals surface area contributed by atoms with Crippen LogP contribution in [0.4, 0.5) is 0 Å². The molecule has 0 saturated heterocycles. The average molecular weight is 161 g/mol. The average Bonchev–Trinajstić information content (AvgIpc) is 1.59. The molecular formula is C8H13ClO. The Balaban J connectivity index is 2.58. The lowest BCUT2D eigenvalue weighted by molar-refractivity contribution is -0.131. The third-order valence-corrected chi connectivity index (χ3v) is 2.67. The van der Waals surface area contributed by atoms with E-state index in [4.69, 9.17) is 11.6 Å². The van der Waals surface area contributed by atoms with E-state index in [9.17, 15) is 4.79 Å². The second-order valence-electron chi connectivity index (χ2n) is 4.35. The molecule has 0 amide bonds. The van der Waals surface area contributed by atoms with Crippen LogP contribution in [-0.2, 0) is 4.79 Å². The van der Waals surface area contributed by atoms with Crippen LogP contribution in [0.5, 0.6) is 0 Å². The zero-order valence-electron chi connectivity index (χ0n) is 6.70. The quantitative estimate of drug-likeness (QED) is 0.539. The molecule has 1 aliphatic rings. The molecule has 0 bridgehead atoms. The smallest absolute Gasteiger partial charge is 0.227 e. The lowest BCUT2D eigenvalue weighted by Gasteiger charge is -2.48. The van der Waals surface area contributed by atoms with Gasteiger partial charge in [0.2, 0.25) is 5.24 Å². The fourth-order valence-electron chi connectivity index (χ4n) is 2.20. The molecule has 0 aromatic carbocycles. The number of halogens is 1. The molecule has 0 aromatic heterocycles. The topological polar surface area (TPSA) is 17.1 Å². The molecule has 0 heterocycles. The van der Waals surface area contributed by atoms with Crippen LogP contribution >= 0.6 is 11.6 Å². The van der Waals surface area contributed by atoms with Gasteiger partial charge in [-0.1, -0.05) is 20.8 Å². The maximum atomic E-state index is 10.8. The maximum absolute atomic E-state index is 10.8. The Morgan fingerprint density at radius 2 is 1.70 bits per heavy atom. The summed E-state index contributed by atoms with van der Waals surface area (Å²) in [5, 5.41) is -0.174. The lowest BCUT2D eigenvalue weighted by atomic mass is 9.56. The second-order valence-corrected chi connectivity index (χ2v) is 4.70. The summed E-state index contributed by atoms with van der Waals surface area (Å²) in [6.07, 6.45) is 1.87. The number of rotatable bonds is 1. The molecule has 1 saturated carbocycles.